The maximum atomic E-state index is 10.1. The second-order valence-corrected chi connectivity index (χ2v) is 2.17. The average molecular weight is 169 g/mol. The highest BCUT2D eigenvalue weighted by atomic mass is 16.4. The molecular weight excluding hydrogens is 162 g/mol. The van der Waals surface area contributed by atoms with Crippen molar-refractivity contribution in [3.8, 4) is 11.5 Å². The van der Waals surface area contributed by atoms with Crippen LogP contribution in [0.3, 0.4) is 0 Å². The summed E-state index contributed by atoms with van der Waals surface area (Å²) in [7, 11) is 0. The van der Waals surface area contributed by atoms with Gasteiger partial charge in [-0.3, -0.25) is 5.32 Å². The molecule has 0 radical (unpaired) electrons. The molecule has 1 rings (SSSR count). The van der Waals surface area contributed by atoms with Crippen molar-refractivity contribution >= 4 is 11.8 Å². The van der Waals surface area contributed by atoms with Crippen molar-refractivity contribution in [1.29, 1.82) is 0 Å². The van der Waals surface area contributed by atoms with Crippen LogP contribution < -0.4 is 5.32 Å². The standard InChI is InChI=1S/C7H7NO4/c9-5-1-4(8-7(11)12)2-6(10)3-5/h1-3,8-10H,(H,11,12). The van der Waals surface area contributed by atoms with Gasteiger partial charge in [-0.25, -0.2) is 4.79 Å². The van der Waals surface area contributed by atoms with E-state index in [1.807, 2.05) is 5.32 Å². The minimum absolute atomic E-state index is 0.125. The second-order valence-electron chi connectivity index (χ2n) is 2.17. The maximum absolute atomic E-state index is 10.1. The molecule has 0 bridgehead atoms. The van der Waals surface area contributed by atoms with Crippen molar-refractivity contribution < 1.29 is 20.1 Å². The Bertz CT molecular complexity index is 290. The van der Waals surface area contributed by atoms with E-state index >= 15 is 0 Å². The lowest BCUT2D eigenvalue weighted by Crippen LogP contribution is -2.06. The minimum Gasteiger partial charge on any atom is -0.508 e. The Morgan fingerprint density at radius 2 is 1.67 bits per heavy atom. The van der Waals surface area contributed by atoms with Crippen LogP contribution in [0.25, 0.3) is 0 Å². The Balaban J connectivity index is 2.93. The van der Waals surface area contributed by atoms with Gasteiger partial charge < -0.3 is 15.3 Å². The Labute approximate surface area is 67.9 Å². The fourth-order valence-electron chi connectivity index (χ4n) is 0.791. The number of rotatable bonds is 1. The largest absolute Gasteiger partial charge is 0.508 e. The van der Waals surface area contributed by atoms with E-state index < -0.39 is 6.09 Å². The molecule has 0 saturated heterocycles. The van der Waals surface area contributed by atoms with Gasteiger partial charge in [-0.05, 0) is 0 Å². The first kappa shape index (κ1) is 8.19. The quantitative estimate of drug-likeness (QED) is 0.508. The van der Waals surface area contributed by atoms with Crippen LogP contribution in [0, 0.1) is 0 Å². The number of carboxylic acid groups (broad SMARTS) is 1. The Hall–Kier alpha value is -1.91. The van der Waals surface area contributed by atoms with Gasteiger partial charge in [-0.15, -0.1) is 0 Å². The maximum Gasteiger partial charge on any atom is 0.409 e. The molecule has 5 nitrogen and oxygen atoms in total. The first-order chi connectivity index (χ1) is 5.58. The monoisotopic (exact) mass is 169 g/mol. The molecule has 1 aromatic rings. The number of nitrogens with one attached hydrogen (secondary N) is 1. The summed E-state index contributed by atoms with van der Waals surface area (Å²) in [5.74, 6) is -0.391. The average Bonchev–Trinajstić information content (AvgIpc) is 1.81. The fourth-order valence-corrected chi connectivity index (χ4v) is 0.791. The number of amides is 1. The summed E-state index contributed by atoms with van der Waals surface area (Å²) in [6.07, 6.45) is -1.25. The van der Waals surface area contributed by atoms with Crippen LogP contribution in [-0.4, -0.2) is 21.4 Å². The Morgan fingerprint density at radius 3 is 2.08 bits per heavy atom. The first-order valence-electron chi connectivity index (χ1n) is 3.11. The summed E-state index contributed by atoms with van der Waals surface area (Å²) < 4.78 is 0. The summed E-state index contributed by atoms with van der Waals surface area (Å²) in [5.41, 5.74) is 0.125. The van der Waals surface area contributed by atoms with Gasteiger partial charge in [0, 0.05) is 18.2 Å². The van der Waals surface area contributed by atoms with Crippen molar-refractivity contribution in [2.75, 3.05) is 5.32 Å². The van der Waals surface area contributed by atoms with Crippen molar-refractivity contribution in [2.24, 2.45) is 0 Å². The molecule has 0 heterocycles. The normalized spacial score (nSPS) is 9.33. The first-order valence-corrected chi connectivity index (χ1v) is 3.11. The number of phenols is 2. The molecule has 5 heteroatoms. The molecule has 0 saturated carbocycles. The molecule has 0 aromatic heterocycles. The van der Waals surface area contributed by atoms with Crippen LogP contribution in [-0.2, 0) is 0 Å². The molecule has 0 atom stereocenters. The highest BCUT2D eigenvalue weighted by Crippen LogP contribution is 2.23. The number of anilines is 1. The van der Waals surface area contributed by atoms with Gasteiger partial charge >= 0.3 is 6.09 Å². The van der Waals surface area contributed by atoms with Crippen molar-refractivity contribution in [3.05, 3.63) is 18.2 Å². The summed E-state index contributed by atoms with van der Waals surface area (Å²) in [4.78, 5) is 10.1. The summed E-state index contributed by atoms with van der Waals surface area (Å²) >= 11 is 0. The Morgan fingerprint density at radius 1 is 1.17 bits per heavy atom. The van der Waals surface area contributed by atoms with Gasteiger partial charge in [0.1, 0.15) is 11.5 Å². The predicted molar refractivity (Wildman–Crippen MR) is 41.4 cm³/mol. The molecule has 0 aliphatic carbocycles. The lowest BCUT2D eigenvalue weighted by Gasteiger charge is -2.01. The third kappa shape index (κ3) is 2.05. The zero-order valence-corrected chi connectivity index (χ0v) is 5.98. The van der Waals surface area contributed by atoms with Crippen LogP contribution in [0.1, 0.15) is 0 Å². The number of phenolic OH excluding ortho intramolecular Hbond substituents is 2. The van der Waals surface area contributed by atoms with Gasteiger partial charge in [-0.1, -0.05) is 0 Å². The van der Waals surface area contributed by atoms with E-state index in [4.69, 9.17) is 15.3 Å². The van der Waals surface area contributed by atoms with E-state index in [0.29, 0.717) is 0 Å². The molecule has 0 aliphatic heterocycles. The van der Waals surface area contributed by atoms with Gasteiger partial charge in [0.25, 0.3) is 0 Å². The third-order valence-corrected chi connectivity index (χ3v) is 1.15. The van der Waals surface area contributed by atoms with Crippen LogP contribution >= 0.6 is 0 Å². The molecule has 0 unspecified atom stereocenters. The van der Waals surface area contributed by atoms with E-state index in [-0.39, 0.29) is 17.2 Å². The molecule has 0 spiro atoms. The lowest BCUT2D eigenvalue weighted by atomic mass is 10.3. The van der Waals surface area contributed by atoms with Crippen molar-refractivity contribution in [2.45, 2.75) is 0 Å². The van der Waals surface area contributed by atoms with Gasteiger partial charge in [0.05, 0.1) is 5.69 Å². The highest BCUT2D eigenvalue weighted by Gasteiger charge is 2.01. The molecular formula is C7H7NO4. The van der Waals surface area contributed by atoms with E-state index in [1.54, 1.807) is 0 Å². The number of hydrogen-bond acceptors (Lipinski definition) is 3. The number of carbonyl (C=O) groups is 1. The number of benzene rings is 1. The number of hydrogen-bond donors (Lipinski definition) is 4. The fraction of sp³-hybridized carbons (Fsp3) is 0. The molecule has 12 heavy (non-hydrogen) atoms. The summed E-state index contributed by atoms with van der Waals surface area (Å²) in [6, 6.07) is 3.48. The smallest absolute Gasteiger partial charge is 0.409 e. The van der Waals surface area contributed by atoms with Crippen molar-refractivity contribution in [3.63, 3.8) is 0 Å². The zero-order valence-electron chi connectivity index (χ0n) is 5.98. The molecule has 64 valence electrons. The third-order valence-electron chi connectivity index (χ3n) is 1.15. The zero-order chi connectivity index (χ0) is 9.14. The van der Waals surface area contributed by atoms with Crippen LogP contribution in [0.15, 0.2) is 18.2 Å². The Kier molecular flexibility index (Phi) is 2.05. The summed E-state index contributed by atoms with van der Waals surface area (Å²) in [5, 5.41) is 28.1. The second kappa shape index (κ2) is 3.00. The topological polar surface area (TPSA) is 89.8 Å². The predicted octanol–water partition coefficient (Wildman–Crippen LogP) is 1.19. The van der Waals surface area contributed by atoms with Crippen LogP contribution in [0.4, 0.5) is 10.5 Å². The van der Waals surface area contributed by atoms with E-state index in [2.05, 4.69) is 0 Å². The van der Waals surface area contributed by atoms with Crippen LogP contribution in [0.5, 0.6) is 11.5 Å². The van der Waals surface area contributed by atoms with Crippen molar-refractivity contribution in [1.82, 2.24) is 0 Å². The van der Waals surface area contributed by atoms with E-state index in [9.17, 15) is 4.79 Å². The molecule has 1 amide bonds. The van der Waals surface area contributed by atoms with Gasteiger partial charge in [0.15, 0.2) is 0 Å². The number of aromatic hydroxyl groups is 2. The van der Waals surface area contributed by atoms with Gasteiger partial charge in [-0.2, -0.15) is 0 Å². The van der Waals surface area contributed by atoms with E-state index in [1.165, 1.54) is 12.1 Å². The lowest BCUT2D eigenvalue weighted by molar-refractivity contribution is 0.210. The molecule has 0 fully saturated rings. The SMILES string of the molecule is O=C(O)Nc1cc(O)cc(O)c1. The molecule has 1 aromatic carbocycles. The summed E-state index contributed by atoms with van der Waals surface area (Å²) in [6.45, 7) is 0. The minimum atomic E-state index is -1.25. The van der Waals surface area contributed by atoms with Crippen LogP contribution in [0.2, 0.25) is 0 Å². The highest BCUT2D eigenvalue weighted by molar-refractivity contribution is 5.83. The van der Waals surface area contributed by atoms with Gasteiger partial charge in [0.2, 0.25) is 0 Å². The molecule has 0 aliphatic rings. The van der Waals surface area contributed by atoms with E-state index in [0.717, 1.165) is 6.07 Å². The molecule has 4 N–H and O–H groups in total.